The van der Waals surface area contributed by atoms with Crippen LogP contribution in [-0.4, -0.2) is 35.7 Å². The van der Waals surface area contributed by atoms with Crippen molar-refractivity contribution in [1.29, 1.82) is 0 Å². The van der Waals surface area contributed by atoms with Crippen molar-refractivity contribution >= 4 is 17.6 Å². The number of esters is 1. The molecule has 5 heteroatoms. The van der Waals surface area contributed by atoms with Crippen LogP contribution in [0.15, 0.2) is 24.3 Å². The summed E-state index contributed by atoms with van der Waals surface area (Å²) in [5.41, 5.74) is 3.70. The molecule has 1 heterocycles. The summed E-state index contributed by atoms with van der Waals surface area (Å²) in [6, 6.07) is 6.08. The van der Waals surface area contributed by atoms with E-state index in [1.165, 1.54) is 11.6 Å². The molecule has 0 radical (unpaired) electrons. The maximum Gasteiger partial charge on any atom is 0.410 e. The lowest BCUT2D eigenvalue weighted by Gasteiger charge is -2.31. The van der Waals surface area contributed by atoms with Crippen molar-refractivity contribution in [2.24, 2.45) is 0 Å². The lowest BCUT2D eigenvalue weighted by atomic mass is 9.95. The van der Waals surface area contributed by atoms with Crippen molar-refractivity contribution in [3.63, 3.8) is 0 Å². The van der Waals surface area contributed by atoms with Crippen LogP contribution in [0.3, 0.4) is 0 Å². The average molecular weight is 345 g/mol. The minimum atomic E-state index is -0.490. The molecule has 0 fully saturated rings. The Morgan fingerprint density at radius 1 is 1.24 bits per heavy atom. The molecule has 25 heavy (non-hydrogen) atoms. The van der Waals surface area contributed by atoms with Crippen LogP contribution in [0.1, 0.15) is 51.3 Å². The molecule has 1 aromatic rings. The Hall–Kier alpha value is -2.30. The van der Waals surface area contributed by atoms with E-state index in [0.29, 0.717) is 19.7 Å². The van der Waals surface area contributed by atoms with Crippen LogP contribution < -0.4 is 0 Å². The van der Waals surface area contributed by atoms with E-state index in [9.17, 15) is 9.59 Å². The fraction of sp³-hybridized carbons (Fsp3) is 0.500. The van der Waals surface area contributed by atoms with E-state index in [1.807, 2.05) is 39.8 Å². The van der Waals surface area contributed by atoms with Gasteiger partial charge in [0, 0.05) is 19.2 Å². The van der Waals surface area contributed by atoms with Crippen LogP contribution in [-0.2, 0) is 27.2 Å². The molecule has 1 aromatic carbocycles. The first-order valence-corrected chi connectivity index (χ1v) is 8.64. The van der Waals surface area contributed by atoms with E-state index < -0.39 is 5.60 Å². The topological polar surface area (TPSA) is 55.8 Å². The number of fused-ring (bicyclic) bond motifs is 1. The molecule has 0 unspecified atom stereocenters. The van der Waals surface area contributed by atoms with Gasteiger partial charge in [0.2, 0.25) is 0 Å². The van der Waals surface area contributed by atoms with Gasteiger partial charge in [-0.25, -0.2) is 9.59 Å². The lowest BCUT2D eigenvalue weighted by molar-refractivity contribution is -0.137. The largest absolute Gasteiger partial charge is 0.463 e. The molecule has 5 nitrogen and oxygen atoms in total. The van der Waals surface area contributed by atoms with E-state index in [0.717, 1.165) is 23.1 Å². The number of nitrogens with zero attached hydrogens (tertiary/aromatic N) is 1. The first-order chi connectivity index (χ1) is 11.7. The monoisotopic (exact) mass is 345 g/mol. The summed E-state index contributed by atoms with van der Waals surface area (Å²) in [6.07, 6.45) is 2.01. The molecule has 0 saturated heterocycles. The predicted octanol–water partition coefficient (Wildman–Crippen LogP) is 3.95. The third kappa shape index (κ3) is 5.34. The number of rotatable bonds is 3. The van der Waals surface area contributed by atoms with E-state index in [2.05, 4.69) is 6.07 Å². The maximum atomic E-state index is 12.2. The molecular weight excluding hydrogens is 318 g/mol. The average Bonchev–Trinajstić information content (AvgIpc) is 2.52. The molecule has 0 spiro atoms. The molecule has 0 atom stereocenters. The molecule has 0 aliphatic carbocycles. The SMILES string of the molecule is CCOC(=O)/C=C(\C)c1ccc2c(c1)CCN(C(=O)OC(C)(C)C)C2. The van der Waals surface area contributed by atoms with Crippen LogP contribution in [0.25, 0.3) is 5.57 Å². The van der Waals surface area contributed by atoms with E-state index in [4.69, 9.17) is 9.47 Å². The van der Waals surface area contributed by atoms with E-state index in [-0.39, 0.29) is 12.1 Å². The van der Waals surface area contributed by atoms with E-state index >= 15 is 0 Å². The number of hydrogen-bond acceptors (Lipinski definition) is 4. The standard InChI is InChI=1S/C20H27NO4/c1-6-24-18(22)11-14(2)15-7-8-17-13-21(10-9-16(17)12-15)19(23)25-20(3,4)5/h7-8,11-12H,6,9-10,13H2,1-5H3/b14-11+. The van der Waals surface area contributed by atoms with Gasteiger partial charge in [-0.1, -0.05) is 18.2 Å². The van der Waals surface area contributed by atoms with Gasteiger partial charge in [-0.15, -0.1) is 0 Å². The van der Waals surface area contributed by atoms with Crippen LogP contribution in [0, 0.1) is 0 Å². The minimum Gasteiger partial charge on any atom is -0.463 e. The highest BCUT2D eigenvalue weighted by Crippen LogP contribution is 2.25. The number of allylic oxidation sites excluding steroid dienone is 1. The molecule has 0 N–H and O–H groups in total. The smallest absolute Gasteiger partial charge is 0.410 e. The summed E-state index contributed by atoms with van der Waals surface area (Å²) in [4.78, 5) is 25.5. The van der Waals surface area contributed by atoms with Crippen molar-refractivity contribution in [2.45, 2.75) is 53.2 Å². The van der Waals surface area contributed by atoms with Crippen LogP contribution in [0.5, 0.6) is 0 Å². The molecule has 1 aliphatic rings. The second-order valence-electron chi connectivity index (χ2n) is 7.21. The lowest BCUT2D eigenvalue weighted by Crippen LogP contribution is -2.39. The maximum absolute atomic E-state index is 12.2. The molecule has 2 rings (SSSR count). The van der Waals surface area contributed by atoms with Crippen molar-refractivity contribution in [1.82, 2.24) is 4.90 Å². The molecule has 1 aliphatic heterocycles. The number of benzene rings is 1. The zero-order valence-corrected chi connectivity index (χ0v) is 15.7. The van der Waals surface area contributed by atoms with Gasteiger partial charge in [-0.05, 0) is 63.3 Å². The highest BCUT2D eigenvalue weighted by molar-refractivity contribution is 5.91. The van der Waals surface area contributed by atoms with Gasteiger partial charge in [0.25, 0.3) is 0 Å². The Morgan fingerprint density at radius 2 is 1.96 bits per heavy atom. The number of carbonyl (C=O) groups is 2. The molecular formula is C20H27NO4. The van der Waals surface area contributed by atoms with Gasteiger partial charge >= 0.3 is 12.1 Å². The Balaban J connectivity index is 2.11. The number of hydrogen-bond donors (Lipinski definition) is 0. The van der Waals surface area contributed by atoms with Crippen LogP contribution >= 0.6 is 0 Å². The van der Waals surface area contributed by atoms with Crippen molar-refractivity contribution in [2.75, 3.05) is 13.2 Å². The Kier molecular flexibility index (Phi) is 5.88. The third-order valence-electron chi connectivity index (χ3n) is 3.95. The van der Waals surface area contributed by atoms with Gasteiger partial charge < -0.3 is 14.4 Å². The van der Waals surface area contributed by atoms with Gasteiger partial charge in [0.1, 0.15) is 5.60 Å². The van der Waals surface area contributed by atoms with Crippen LogP contribution in [0.2, 0.25) is 0 Å². The van der Waals surface area contributed by atoms with Gasteiger partial charge in [0.15, 0.2) is 0 Å². The molecule has 0 aromatic heterocycles. The normalized spacial score (nSPS) is 14.8. The quantitative estimate of drug-likeness (QED) is 0.615. The highest BCUT2D eigenvalue weighted by atomic mass is 16.6. The number of ether oxygens (including phenoxy) is 2. The fourth-order valence-electron chi connectivity index (χ4n) is 2.72. The van der Waals surface area contributed by atoms with Gasteiger partial charge in [-0.3, -0.25) is 0 Å². The van der Waals surface area contributed by atoms with Crippen molar-refractivity contribution in [3.05, 3.63) is 41.0 Å². The second kappa shape index (κ2) is 7.72. The van der Waals surface area contributed by atoms with E-state index in [1.54, 1.807) is 11.8 Å². The zero-order valence-electron chi connectivity index (χ0n) is 15.7. The van der Waals surface area contributed by atoms with Crippen LogP contribution in [0.4, 0.5) is 4.79 Å². The first-order valence-electron chi connectivity index (χ1n) is 8.64. The number of amides is 1. The second-order valence-corrected chi connectivity index (χ2v) is 7.21. The van der Waals surface area contributed by atoms with Gasteiger partial charge in [-0.2, -0.15) is 0 Å². The predicted molar refractivity (Wildman–Crippen MR) is 97.1 cm³/mol. The first kappa shape index (κ1) is 19.0. The molecule has 136 valence electrons. The summed E-state index contributed by atoms with van der Waals surface area (Å²) >= 11 is 0. The summed E-state index contributed by atoms with van der Waals surface area (Å²) in [5.74, 6) is -0.325. The van der Waals surface area contributed by atoms with Gasteiger partial charge in [0.05, 0.1) is 6.61 Å². The Bertz CT molecular complexity index is 685. The summed E-state index contributed by atoms with van der Waals surface area (Å²) in [7, 11) is 0. The summed E-state index contributed by atoms with van der Waals surface area (Å²) < 4.78 is 10.4. The van der Waals surface area contributed by atoms with Crippen molar-refractivity contribution < 1.29 is 19.1 Å². The summed E-state index contributed by atoms with van der Waals surface area (Å²) in [5, 5.41) is 0. The molecule has 0 bridgehead atoms. The molecule has 1 amide bonds. The Labute approximate surface area is 149 Å². The number of carbonyl (C=O) groups excluding carboxylic acids is 2. The highest BCUT2D eigenvalue weighted by Gasteiger charge is 2.25. The summed E-state index contributed by atoms with van der Waals surface area (Å²) in [6.45, 7) is 10.8. The Morgan fingerprint density at radius 3 is 2.60 bits per heavy atom. The fourth-order valence-corrected chi connectivity index (χ4v) is 2.72. The third-order valence-corrected chi connectivity index (χ3v) is 3.95. The minimum absolute atomic E-state index is 0.277. The molecule has 0 saturated carbocycles. The zero-order chi connectivity index (χ0) is 18.6. The van der Waals surface area contributed by atoms with Crippen molar-refractivity contribution in [3.8, 4) is 0 Å².